The summed E-state index contributed by atoms with van der Waals surface area (Å²) in [7, 11) is -3.29. The summed E-state index contributed by atoms with van der Waals surface area (Å²) in [5.41, 5.74) is 5.83. The molecule has 0 radical (unpaired) electrons. The number of halogens is 1. The second-order valence-corrected chi connectivity index (χ2v) is 6.30. The van der Waals surface area contributed by atoms with Crippen molar-refractivity contribution in [2.75, 3.05) is 11.5 Å². The first-order valence-electron chi connectivity index (χ1n) is 4.60. The zero-order chi connectivity index (χ0) is 11.6. The number of anilines is 1. The van der Waals surface area contributed by atoms with Crippen LogP contribution in [0.2, 0.25) is 5.02 Å². The first-order chi connectivity index (χ1) is 6.83. The molecule has 2 N–H and O–H groups in total. The van der Waals surface area contributed by atoms with E-state index in [9.17, 15) is 8.42 Å². The molecule has 84 valence electrons. The lowest BCUT2D eigenvalue weighted by atomic mass is 10.3. The molecule has 0 saturated heterocycles. The minimum atomic E-state index is -3.29. The third kappa shape index (κ3) is 3.11. The van der Waals surface area contributed by atoms with Gasteiger partial charge in [-0.1, -0.05) is 25.4 Å². The standard InChI is InChI=1S/C10H14ClNO2S/c1-7(2)6-15(13,14)10-4-3-8(11)5-9(10)12/h3-5,7H,6,12H2,1-2H3. The van der Waals surface area contributed by atoms with Crippen molar-refractivity contribution >= 4 is 27.1 Å². The molecule has 0 spiro atoms. The Morgan fingerprint density at radius 3 is 2.47 bits per heavy atom. The van der Waals surface area contributed by atoms with Gasteiger partial charge in [-0.05, 0) is 24.1 Å². The van der Waals surface area contributed by atoms with Crippen LogP contribution < -0.4 is 5.73 Å². The Bertz CT molecular complexity index is 454. The van der Waals surface area contributed by atoms with E-state index in [2.05, 4.69) is 0 Å². The van der Waals surface area contributed by atoms with E-state index in [-0.39, 0.29) is 22.3 Å². The molecule has 0 aliphatic rings. The lowest BCUT2D eigenvalue weighted by molar-refractivity contribution is 0.583. The Labute approximate surface area is 95.2 Å². The van der Waals surface area contributed by atoms with E-state index in [1.54, 1.807) is 0 Å². The maximum atomic E-state index is 11.9. The lowest BCUT2D eigenvalue weighted by Crippen LogP contribution is -2.13. The van der Waals surface area contributed by atoms with Crippen molar-refractivity contribution in [1.29, 1.82) is 0 Å². The molecule has 0 saturated carbocycles. The largest absolute Gasteiger partial charge is 0.398 e. The van der Waals surface area contributed by atoms with Gasteiger partial charge >= 0.3 is 0 Å². The highest BCUT2D eigenvalue weighted by molar-refractivity contribution is 7.91. The van der Waals surface area contributed by atoms with Crippen molar-refractivity contribution in [2.24, 2.45) is 5.92 Å². The second-order valence-electron chi connectivity index (χ2n) is 3.86. The van der Waals surface area contributed by atoms with Crippen LogP contribution in [0.25, 0.3) is 0 Å². The Morgan fingerprint density at radius 1 is 1.40 bits per heavy atom. The molecule has 15 heavy (non-hydrogen) atoms. The molecule has 0 atom stereocenters. The Balaban J connectivity index is 3.16. The SMILES string of the molecule is CC(C)CS(=O)(=O)c1ccc(Cl)cc1N. The molecule has 3 nitrogen and oxygen atoms in total. The molecular formula is C10H14ClNO2S. The van der Waals surface area contributed by atoms with Crippen LogP contribution in [0.15, 0.2) is 23.1 Å². The maximum Gasteiger partial charge on any atom is 0.180 e. The molecule has 1 aromatic rings. The highest BCUT2D eigenvalue weighted by atomic mass is 35.5. The van der Waals surface area contributed by atoms with Crippen LogP contribution in [0.3, 0.4) is 0 Å². The molecule has 0 fully saturated rings. The number of sulfone groups is 1. The smallest absolute Gasteiger partial charge is 0.180 e. The van der Waals surface area contributed by atoms with Gasteiger partial charge in [0.15, 0.2) is 9.84 Å². The Hall–Kier alpha value is -0.740. The van der Waals surface area contributed by atoms with Gasteiger partial charge in [0.25, 0.3) is 0 Å². The van der Waals surface area contributed by atoms with Crippen molar-refractivity contribution in [1.82, 2.24) is 0 Å². The normalized spacial score (nSPS) is 12.0. The number of rotatable bonds is 3. The Kier molecular flexibility index (Phi) is 3.62. The van der Waals surface area contributed by atoms with Gasteiger partial charge in [0.2, 0.25) is 0 Å². The van der Waals surface area contributed by atoms with Crippen LogP contribution in [-0.2, 0) is 9.84 Å². The molecule has 0 bridgehead atoms. The van der Waals surface area contributed by atoms with Crippen LogP contribution in [-0.4, -0.2) is 14.2 Å². The van der Waals surface area contributed by atoms with E-state index in [1.165, 1.54) is 18.2 Å². The molecule has 0 aromatic heterocycles. The molecule has 0 aliphatic heterocycles. The van der Waals surface area contributed by atoms with Gasteiger partial charge in [-0.3, -0.25) is 0 Å². The number of nitrogens with two attached hydrogens (primary N) is 1. The lowest BCUT2D eigenvalue weighted by Gasteiger charge is -2.09. The summed E-state index contributed by atoms with van der Waals surface area (Å²) in [6, 6.07) is 4.44. The van der Waals surface area contributed by atoms with Gasteiger partial charge in [-0.2, -0.15) is 0 Å². The number of nitrogen functional groups attached to an aromatic ring is 1. The summed E-state index contributed by atoms with van der Waals surface area (Å²) in [5, 5.41) is 0.441. The first-order valence-corrected chi connectivity index (χ1v) is 6.64. The molecule has 0 aliphatic carbocycles. The van der Waals surface area contributed by atoms with E-state index in [1.807, 2.05) is 13.8 Å². The van der Waals surface area contributed by atoms with Crippen LogP contribution in [0.5, 0.6) is 0 Å². The zero-order valence-electron chi connectivity index (χ0n) is 8.70. The predicted octanol–water partition coefficient (Wildman–Crippen LogP) is 2.35. The van der Waals surface area contributed by atoms with Gasteiger partial charge in [0, 0.05) is 5.02 Å². The summed E-state index contributed by atoms with van der Waals surface area (Å²) < 4.78 is 23.7. The van der Waals surface area contributed by atoms with Gasteiger partial charge < -0.3 is 5.73 Å². The molecular weight excluding hydrogens is 234 g/mol. The first kappa shape index (κ1) is 12.3. The van der Waals surface area contributed by atoms with Gasteiger partial charge in [-0.15, -0.1) is 0 Å². The molecule has 5 heteroatoms. The summed E-state index contributed by atoms with van der Waals surface area (Å²) in [6.45, 7) is 3.70. The van der Waals surface area contributed by atoms with E-state index in [0.29, 0.717) is 5.02 Å². The second kappa shape index (κ2) is 4.41. The summed E-state index contributed by atoms with van der Waals surface area (Å²) in [6.07, 6.45) is 0. The monoisotopic (exact) mass is 247 g/mol. The van der Waals surface area contributed by atoms with Crippen LogP contribution in [0.4, 0.5) is 5.69 Å². The average molecular weight is 248 g/mol. The minimum absolute atomic E-state index is 0.0741. The van der Waals surface area contributed by atoms with Gasteiger partial charge in [-0.25, -0.2) is 8.42 Å². The van der Waals surface area contributed by atoms with Crippen molar-refractivity contribution in [3.8, 4) is 0 Å². The maximum absolute atomic E-state index is 11.9. The quantitative estimate of drug-likeness (QED) is 0.834. The van der Waals surface area contributed by atoms with E-state index < -0.39 is 9.84 Å². The van der Waals surface area contributed by atoms with E-state index in [0.717, 1.165) is 0 Å². The number of hydrogen-bond acceptors (Lipinski definition) is 3. The molecule has 0 unspecified atom stereocenters. The van der Waals surface area contributed by atoms with Crippen molar-refractivity contribution < 1.29 is 8.42 Å². The zero-order valence-corrected chi connectivity index (χ0v) is 10.3. The van der Waals surface area contributed by atoms with Crippen molar-refractivity contribution in [3.05, 3.63) is 23.2 Å². The third-order valence-corrected chi connectivity index (χ3v) is 4.24. The van der Waals surface area contributed by atoms with Crippen molar-refractivity contribution in [2.45, 2.75) is 18.7 Å². The highest BCUT2D eigenvalue weighted by Gasteiger charge is 2.19. The fourth-order valence-electron chi connectivity index (χ4n) is 1.33. The van der Waals surface area contributed by atoms with Crippen LogP contribution >= 0.6 is 11.6 Å². The number of benzene rings is 1. The van der Waals surface area contributed by atoms with Crippen LogP contribution in [0.1, 0.15) is 13.8 Å². The molecule has 1 aromatic carbocycles. The predicted molar refractivity (Wildman–Crippen MR) is 62.8 cm³/mol. The summed E-state index contributed by atoms with van der Waals surface area (Å²) in [5.74, 6) is 0.170. The summed E-state index contributed by atoms with van der Waals surface area (Å²) in [4.78, 5) is 0.167. The molecule has 0 heterocycles. The van der Waals surface area contributed by atoms with E-state index in [4.69, 9.17) is 17.3 Å². The fraction of sp³-hybridized carbons (Fsp3) is 0.400. The minimum Gasteiger partial charge on any atom is -0.398 e. The van der Waals surface area contributed by atoms with E-state index >= 15 is 0 Å². The highest BCUT2D eigenvalue weighted by Crippen LogP contribution is 2.24. The van der Waals surface area contributed by atoms with Crippen LogP contribution in [0, 0.1) is 5.92 Å². The van der Waals surface area contributed by atoms with Gasteiger partial charge in [0.1, 0.15) is 0 Å². The summed E-state index contributed by atoms with van der Waals surface area (Å²) >= 11 is 5.70. The molecule has 1 rings (SSSR count). The Morgan fingerprint density at radius 2 is 2.00 bits per heavy atom. The number of hydrogen-bond donors (Lipinski definition) is 1. The van der Waals surface area contributed by atoms with Crippen molar-refractivity contribution in [3.63, 3.8) is 0 Å². The fourth-order valence-corrected chi connectivity index (χ4v) is 3.26. The third-order valence-electron chi connectivity index (χ3n) is 1.86. The average Bonchev–Trinajstić information content (AvgIpc) is 1.99. The van der Waals surface area contributed by atoms with Gasteiger partial charge in [0.05, 0.1) is 16.3 Å². The topological polar surface area (TPSA) is 60.2 Å². The molecule has 0 amide bonds.